The normalized spacial score (nSPS) is 19.9. The summed E-state index contributed by atoms with van der Waals surface area (Å²) >= 11 is 0. The molecule has 2 aliphatic heterocycles. The molecule has 2 fully saturated rings. The summed E-state index contributed by atoms with van der Waals surface area (Å²) in [5, 5.41) is 0. The molecule has 27 heavy (non-hydrogen) atoms. The highest BCUT2D eigenvalue weighted by Crippen LogP contribution is 2.26. The quantitative estimate of drug-likeness (QED) is 0.771. The van der Waals surface area contributed by atoms with Crippen molar-refractivity contribution in [2.45, 2.75) is 44.8 Å². The van der Waals surface area contributed by atoms with Crippen LogP contribution in [0.2, 0.25) is 0 Å². The lowest BCUT2D eigenvalue weighted by Crippen LogP contribution is -2.44. The maximum atomic E-state index is 5.80. The van der Waals surface area contributed by atoms with Crippen LogP contribution in [0.15, 0.2) is 48.8 Å². The second kappa shape index (κ2) is 9.34. The molecule has 0 amide bonds. The van der Waals surface area contributed by atoms with Crippen molar-refractivity contribution >= 4 is 0 Å². The Morgan fingerprint density at radius 1 is 0.889 bits per heavy atom. The lowest BCUT2D eigenvalue weighted by atomic mass is 9.89. The summed E-state index contributed by atoms with van der Waals surface area (Å²) in [6.07, 6.45) is 9.79. The number of hydrogen-bond acceptors (Lipinski definition) is 4. The van der Waals surface area contributed by atoms with E-state index in [4.69, 9.17) is 9.47 Å². The first kappa shape index (κ1) is 18.5. The zero-order chi connectivity index (χ0) is 18.3. The van der Waals surface area contributed by atoms with Gasteiger partial charge in [0.15, 0.2) is 0 Å². The van der Waals surface area contributed by atoms with E-state index in [0.717, 1.165) is 30.9 Å². The molecule has 4 heteroatoms. The van der Waals surface area contributed by atoms with E-state index >= 15 is 0 Å². The number of piperidine rings is 1. The molecule has 1 aromatic carbocycles. The van der Waals surface area contributed by atoms with E-state index in [1.165, 1.54) is 56.3 Å². The zero-order valence-electron chi connectivity index (χ0n) is 16.1. The van der Waals surface area contributed by atoms with E-state index in [2.05, 4.69) is 34.1 Å². The van der Waals surface area contributed by atoms with E-state index in [1.807, 2.05) is 12.1 Å². The van der Waals surface area contributed by atoms with Gasteiger partial charge in [-0.25, -0.2) is 0 Å². The molecular weight excluding hydrogens is 336 g/mol. The summed E-state index contributed by atoms with van der Waals surface area (Å²) in [5.41, 5.74) is 2.66. The number of pyridine rings is 1. The van der Waals surface area contributed by atoms with Gasteiger partial charge < -0.3 is 14.4 Å². The molecule has 2 saturated heterocycles. The third kappa shape index (κ3) is 5.30. The number of hydrogen-bond donors (Lipinski definition) is 0. The van der Waals surface area contributed by atoms with E-state index in [9.17, 15) is 0 Å². The van der Waals surface area contributed by atoms with Gasteiger partial charge in [-0.2, -0.15) is 0 Å². The molecule has 0 bridgehead atoms. The summed E-state index contributed by atoms with van der Waals surface area (Å²) in [4.78, 5) is 6.72. The fraction of sp³-hybridized carbons (Fsp3) is 0.522. The first-order valence-electron chi connectivity index (χ1n) is 10.3. The molecule has 4 nitrogen and oxygen atoms in total. The van der Waals surface area contributed by atoms with Crippen molar-refractivity contribution in [1.29, 1.82) is 0 Å². The molecule has 2 aromatic rings. The molecule has 0 N–H and O–H groups in total. The third-order valence-corrected chi connectivity index (χ3v) is 5.96. The average molecular weight is 367 g/mol. The van der Waals surface area contributed by atoms with E-state index in [-0.39, 0.29) is 0 Å². The van der Waals surface area contributed by atoms with Crippen molar-refractivity contribution in [3.05, 3.63) is 59.9 Å². The molecule has 0 unspecified atom stereocenters. The van der Waals surface area contributed by atoms with Gasteiger partial charge in [-0.1, -0.05) is 24.3 Å². The number of rotatable bonds is 6. The number of nitrogens with zero attached hydrogens (tertiary/aromatic N) is 2. The van der Waals surface area contributed by atoms with Crippen LogP contribution in [0.4, 0.5) is 0 Å². The zero-order valence-corrected chi connectivity index (χ0v) is 16.1. The van der Waals surface area contributed by atoms with Gasteiger partial charge in [0.25, 0.3) is 0 Å². The Bertz CT molecular complexity index is 675. The van der Waals surface area contributed by atoms with Crippen LogP contribution in [-0.2, 0) is 17.8 Å². The number of aromatic nitrogens is 1. The van der Waals surface area contributed by atoms with Gasteiger partial charge in [-0.3, -0.25) is 4.98 Å². The van der Waals surface area contributed by atoms with Crippen LogP contribution in [0.1, 0.15) is 36.8 Å². The van der Waals surface area contributed by atoms with Gasteiger partial charge in [-0.15, -0.1) is 0 Å². The lowest BCUT2D eigenvalue weighted by molar-refractivity contribution is 0.0211. The van der Waals surface area contributed by atoms with Crippen LogP contribution in [0.3, 0.4) is 0 Å². The number of benzene rings is 1. The summed E-state index contributed by atoms with van der Waals surface area (Å²) in [6.45, 7) is 5.01. The Balaban J connectivity index is 1.22. The summed E-state index contributed by atoms with van der Waals surface area (Å²) in [6, 6.07) is 13.5. The summed E-state index contributed by atoms with van der Waals surface area (Å²) < 4.78 is 11.3. The third-order valence-electron chi connectivity index (χ3n) is 5.96. The largest absolute Gasteiger partial charge is 0.489 e. The van der Waals surface area contributed by atoms with Gasteiger partial charge in [0.2, 0.25) is 0 Å². The van der Waals surface area contributed by atoms with Crippen molar-refractivity contribution in [1.82, 2.24) is 9.88 Å². The van der Waals surface area contributed by atoms with Crippen LogP contribution >= 0.6 is 0 Å². The Labute approximate surface area is 162 Å². The Morgan fingerprint density at radius 3 is 2.26 bits per heavy atom. The van der Waals surface area contributed by atoms with Crippen LogP contribution in [0.25, 0.3) is 0 Å². The molecule has 0 aliphatic carbocycles. The molecule has 0 saturated carbocycles. The Hall–Kier alpha value is -1.91. The minimum Gasteiger partial charge on any atom is -0.489 e. The predicted molar refractivity (Wildman–Crippen MR) is 107 cm³/mol. The van der Waals surface area contributed by atoms with E-state index in [0.29, 0.717) is 6.61 Å². The van der Waals surface area contributed by atoms with Crippen molar-refractivity contribution < 1.29 is 9.47 Å². The first-order valence-corrected chi connectivity index (χ1v) is 10.3. The smallest absolute Gasteiger partial charge is 0.122 e. The Kier molecular flexibility index (Phi) is 6.38. The highest BCUT2D eigenvalue weighted by Gasteiger charge is 2.26. The molecule has 1 aromatic heterocycles. The SMILES string of the molecule is c1cc(OCc2ccc(CC3CCN(C4CCOCC4)CC3)cc2)ccn1. The van der Waals surface area contributed by atoms with Gasteiger partial charge in [0.1, 0.15) is 12.4 Å². The molecule has 2 aliphatic rings. The minimum atomic E-state index is 0.605. The Morgan fingerprint density at radius 2 is 1.56 bits per heavy atom. The van der Waals surface area contributed by atoms with Crippen molar-refractivity contribution in [3.8, 4) is 5.75 Å². The lowest BCUT2D eigenvalue weighted by Gasteiger charge is -2.39. The monoisotopic (exact) mass is 366 g/mol. The van der Waals surface area contributed by atoms with Crippen LogP contribution in [0.5, 0.6) is 5.75 Å². The van der Waals surface area contributed by atoms with Crippen molar-refractivity contribution in [2.75, 3.05) is 26.3 Å². The summed E-state index contributed by atoms with van der Waals surface area (Å²) in [5.74, 6) is 1.69. The molecular formula is C23H30N2O2. The highest BCUT2D eigenvalue weighted by molar-refractivity contribution is 5.24. The molecule has 144 valence electrons. The standard InChI is InChI=1S/C23H30N2O2/c1-3-21(18-27-23-5-11-24-12-6-23)4-2-19(1)17-20-7-13-25(14-8-20)22-9-15-26-16-10-22/h1-6,11-12,20,22H,7-10,13-18H2. The highest BCUT2D eigenvalue weighted by atomic mass is 16.5. The summed E-state index contributed by atoms with van der Waals surface area (Å²) in [7, 11) is 0. The molecule has 0 spiro atoms. The first-order chi connectivity index (χ1) is 13.4. The van der Waals surface area contributed by atoms with E-state index in [1.54, 1.807) is 12.4 Å². The molecule has 3 heterocycles. The molecule has 0 atom stereocenters. The van der Waals surface area contributed by atoms with Gasteiger partial charge in [0, 0.05) is 31.6 Å². The second-order valence-electron chi connectivity index (χ2n) is 7.82. The predicted octanol–water partition coefficient (Wildman–Crippen LogP) is 4.09. The molecule has 0 radical (unpaired) electrons. The average Bonchev–Trinajstić information content (AvgIpc) is 2.75. The number of ether oxygens (including phenoxy) is 2. The van der Waals surface area contributed by atoms with Crippen LogP contribution in [0, 0.1) is 5.92 Å². The fourth-order valence-electron chi connectivity index (χ4n) is 4.28. The van der Waals surface area contributed by atoms with Crippen LogP contribution in [-0.4, -0.2) is 42.2 Å². The fourth-order valence-corrected chi connectivity index (χ4v) is 4.28. The van der Waals surface area contributed by atoms with Crippen molar-refractivity contribution in [3.63, 3.8) is 0 Å². The van der Waals surface area contributed by atoms with Gasteiger partial charge in [-0.05, 0) is 74.4 Å². The van der Waals surface area contributed by atoms with Crippen LogP contribution < -0.4 is 4.74 Å². The topological polar surface area (TPSA) is 34.6 Å². The second-order valence-corrected chi connectivity index (χ2v) is 7.82. The van der Waals surface area contributed by atoms with Gasteiger partial charge in [0.05, 0.1) is 0 Å². The molecule has 4 rings (SSSR count). The van der Waals surface area contributed by atoms with E-state index < -0.39 is 0 Å². The maximum absolute atomic E-state index is 5.80. The number of likely N-dealkylation sites (tertiary alicyclic amines) is 1. The minimum absolute atomic E-state index is 0.605. The van der Waals surface area contributed by atoms with Crippen molar-refractivity contribution in [2.24, 2.45) is 5.92 Å². The maximum Gasteiger partial charge on any atom is 0.122 e. The van der Waals surface area contributed by atoms with Gasteiger partial charge >= 0.3 is 0 Å².